The number of primary amides is 1. The predicted molar refractivity (Wildman–Crippen MR) is 102 cm³/mol. The predicted octanol–water partition coefficient (Wildman–Crippen LogP) is 1.28. The molecule has 1 aromatic carbocycles. The fraction of sp³-hybridized carbons (Fsp3) is 0.579. The monoisotopic (exact) mass is 345 g/mol. The zero-order chi connectivity index (χ0) is 18.1. The molecule has 1 atom stereocenters. The number of nitrogens with one attached hydrogen (secondary N) is 1. The Morgan fingerprint density at radius 2 is 2.16 bits per heavy atom. The Hall–Kier alpha value is -2.08. The molecule has 0 bridgehead atoms. The SMILES string of the molecule is CN=C(NCCCN1CCCC(C(N)=O)C1)N(C)Cc1ccccc1. The molecule has 0 saturated carbocycles. The lowest BCUT2D eigenvalue weighted by atomic mass is 9.97. The second kappa shape index (κ2) is 10.0. The number of amides is 1. The van der Waals surface area contributed by atoms with Gasteiger partial charge in [-0.2, -0.15) is 0 Å². The number of likely N-dealkylation sites (tertiary alicyclic amines) is 1. The van der Waals surface area contributed by atoms with Crippen molar-refractivity contribution in [1.29, 1.82) is 0 Å². The van der Waals surface area contributed by atoms with Crippen molar-refractivity contribution in [3.05, 3.63) is 35.9 Å². The van der Waals surface area contributed by atoms with Gasteiger partial charge in [0.25, 0.3) is 0 Å². The molecule has 1 aliphatic heterocycles. The van der Waals surface area contributed by atoms with Gasteiger partial charge in [-0.25, -0.2) is 0 Å². The largest absolute Gasteiger partial charge is 0.369 e. The molecule has 138 valence electrons. The molecule has 0 radical (unpaired) electrons. The van der Waals surface area contributed by atoms with E-state index in [1.165, 1.54) is 5.56 Å². The molecule has 0 spiro atoms. The quantitative estimate of drug-likeness (QED) is 0.444. The summed E-state index contributed by atoms with van der Waals surface area (Å²) in [5.74, 6) is 0.759. The molecule has 1 aliphatic rings. The van der Waals surface area contributed by atoms with E-state index in [1.54, 1.807) is 0 Å². The van der Waals surface area contributed by atoms with Gasteiger partial charge >= 0.3 is 0 Å². The average molecular weight is 345 g/mol. The second-order valence-corrected chi connectivity index (χ2v) is 6.71. The van der Waals surface area contributed by atoms with Crippen molar-refractivity contribution in [2.24, 2.45) is 16.6 Å². The number of nitrogens with two attached hydrogens (primary N) is 1. The highest BCUT2D eigenvalue weighted by molar-refractivity contribution is 5.79. The Balaban J connectivity index is 1.69. The third-order valence-corrected chi connectivity index (χ3v) is 4.68. The van der Waals surface area contributed by atoms with Gasteiger partial charge in [0, 0.05) is 33.7 Å². The molecule has 6 nitrogen and oxygen atoms in total. The molecule has 0 aliphatic carbocycles. The fourth-order valence-corrected chi connectivity index (χ4v) is 3.31. The second-order valence-electron chi connectivity index (χ2n) is 6.71. The van der Waals surface area contributed by atoms with E-state index in [0.717, 1.165) is 57.9 Å². The van der Waals surface area contributed by atoms with Gasteiger partial charge in [0.15, 0.2) is 5.96 Å². The van der Waals surface area contributed by atoms with Gasteiger partial charge in [0.2, 0.25) is 5.91 Å². The van der Waals surface area contributed by atoms with Crippen molar-refractivity contribution in [1.82, 2.24) is 15.1 Å². The highest BCUT2D eigenvalue weighted by atomic mass is 16.1. The third-order valence-electron chi connectivity index (χ3n) is 4.68. The van der Waals surface area contributed by atoms with Crippen LogP contribution >= 0.6 is 0 Å². The number of piperidine rings is 1. The number of nitrogens with zero attached hydrogens (tertiary/aromatic N) is 3. The molecule has 1 aromatic rings. The maximum Gasteiger partial charge on any atom is 0.221 e. The van der Waals surface area contributed by atoms with Crippen LogP contribution in [-0.2, 0) is 11.3 Å². The Kier molecular flexibility index (Phi) is 7.73. The lowest BCUT2D eigenvalue weighted by molar-refractivity contribution is -0.123. The summed E-state index contributed by atoms with van der Waals surface area (Å²) < 4.78 is 0. The van der Waals surface area contributed by atoms with Crippen LogP contribution in [0.5, 0.6) is 0 Å². The lowest BCUT2D eigenvalue weighted by Crippen LogP contribution is -2.43. The van der Waals surface area contributed by atoms with Crippen molar-refractivity contribution >= 4 is 11.9 Å². The Morgan fingerprint density at radius 1 is 1.40 bits per heavy atom. The topological polar surface area (TPSA) is 74.0 Å². The molecule has 1 fully saturated rings. The van der Waals surface area contributed by atoms with E-state index in [9.17, 15) is 4.79 Å². The van der Waals surface area contributed by atoms with Gasteiger partial charge in [0.1, 0.15) is 0 Å². The van der Waals surface area contributed by atoms with Crippen molar-refractivity contribution < 1.29 is 4.79 Å². The maximum absolute atomic E-state index is 11.3. The minimum absolute atomic E-state index is 0.0199. The van der Waals surface area contributed by atoms with E-state index in [4.69, 9.17) is 5.73 Å². The molecule has 1 heterocycles. The van der Waals surface area contributed by atoms with E-state index in [0.29, 0.717) is 0 Å². The van der Waals surface area contributed by atoms with Gasteiger partial charge < -0.3 is 20.9 Å². The van der Waals surface area contributed by atoms with Crippen LogP contribution in [0, 0.1) is 5.92 Å². The van der Waals surface area contributed by atoms with E-state index >= 15 is 0 Å². The van der Waals surface area contributed by atoms with Crippen LogP contribution in [0.2, 0.25) is 0 Å². The van der Waals surface area contributed by atoms with Crippen molar-refractivity contribution in [3.63, 3.8) is 0 Å². The third kappa shape index (κ3) is 6.38. The summed E-state index contributed by atoms with van der Waals surface area (Å²) in [6.45, 7) is 4.54. The molecule has 1 amide bonds. The highest BCUT2D eigenvalue weighted by Crippen LogP contribution is 2.15. The number of carbonyl (C=O) groups is 1. The number of aliphatic imine (C=N–C) groups is 1. The number of rotatable bonds is 7. The lowest BCUT2D eigenvalue weighted by Gasteiger charge is -2.31. The van der Waals surface area contributed by atoms with Crippen molar-refractivity contribution in [3.8, 4) is 0 Å². The number of hydrogen-bond acceptors (Lipinski definition) is 3. The Bertz CT molecular complexity index is 560. The average Bonchev–Trinajstić information content (AvgIpc) is 2.62. The number of hydrogen-bond donors (Lipinski definition) is 2. The van der Waals surface area contributed by atoms with Crippen LogP contribution in [-0.4, -0.2) is 61.9 Å². The van der Waals surface area contributed by atoms with Crippen molar-refractivity contribution in [2.75, 3.05) is 40.3 Å². The van der Waals surface area contributed by atoms with Gasteiger partial charge in [0.05, 0.1) is 5.92 Å². The van der Waals surface area contributed by atoms with Crippen LogP contribution in [0.15, 0.2) is 35.3 Å². The van der Waals surface area contributed by atoms with Crippen molar-refractivity contribution in [2.45, 2.75) is 25.8 Å². The standard InChI is InChI=1S/C19H31N5O/c1-21-19(23(2)14-16-8-4-3-5-9-16)22-11-7-13-24-12-6-10-17(15-24)18(20)25/h3-5,8-9,17H,6-7,10-15H2,1-2H3,(H2,20,25)(H,21,22). The zero-order valence-corrected chi connectivity index (χ0v) is 15.4. The zero-order valence-electron chi connectivity index (χ0n) is 15.4. The minimum Gasteiger partial charge on any atom is -0.369 e. The molecular weight excluding hydrogens is 314 g/mol. The van der Waals surface area contributed by atoms with Gasteiger partial charge in [-0.1, -0.05) is 30.3 Å². The van der Waals surface area contributed by atoms with Crippen LogP contribution in [0.1, 0.15) is 24.8 Å². The summed E-state index contributed by atoms with van der Waals surface area (Å²) in [6, 6.07) is 10.4. The summed E-state index contributed by atoms with van der Waals surface area (Å²) in [5, 5.41) is 3.42. The first-order valence-corrected chi connectivity index (χ1v) is 9.07. The summed E-state index contributed by atoms with van der Waals surface area (Å²) in [6.07, 6.45) is 3.01. The number of benzene rings is 1. The first kappa shape index (κ1) is 19.2. The number of guanidine groups is 1. The van der Waals surface area contributed by atoms with E-state index in [1.807, 2.05) is 20.2 Å². The van der Waals surface area contributed by atoms with E-state index in [2.05, 4.69) is 44.4 Å². The molecule has 0 aromatic heterocycles. The first-order valence-electron chi connectivity index (χ1n) is 9.07. The summed E-state index contributed by atoms with van der Waals surface area (Å²) >= 11 is 0. The number of carbonyl (C=O) groups excluding carboxylic acids is 1. The van der Waals surface area contributed by atoms with E-state index in [-0.39, 0.29) is 11.8 Å². The molecule has 25 heavy (non-hydrogen) atoms. The van der Waals surface area contributed by atoms with Gasteiger partial charge in [-0.05, 0) is 37.9 Å². The van der Waals surface area contributed by atoms with Crippen LogP contribution in [0.4, 0.5) is 0 Å². The molecular formula is C19H31N5O. The van der Waals surface area contributed by atoms with Gasteiger partial charge in [-0.3, -0.25) is 9.79 Å². The molecule has 1 saturated heterocycles. The molecule has 6 heteroatoms. The first-order chi connectivity index (χ1) is 12.1. The summed E-state index contributed by atoms with van der Waals surface area (Å²) in [5.41, 5.74) is 6.70. The fourth-order valence-electron chi connectivity index (χ4n) is 3.31. The van der Waals surface area contributed by atoms with Crippen LogP contribution in [0.3, 0.4) is 0 Å². The minimum atomic E-state index is -0.161. The maximum atomic E-state index is 11.3. The highest BCUT2D eigenvalue weighted by Gasteiger charge is 2.23. The Labute approximate surface area is 151 Å². The Morgan fingerprint density at radius 3 is 2.84 bits per heavy atom. The van der Waals surface area contributed by atoms with Crippen LogP contribution in [0.25, 0.3) is 0 Å². The summed E-state index contributed by atoms with van der Waals surface area (Å²) in [4.78, 5) is 20.2. The van der Waals surface area contributed by atoms with Gasteiger partial charge in [-0.15, -0.1) is 0 Å². The normalized spacial score (nSPS) is 18.8. The van der Waals surface area contributed by atoms with Crippen LogP contribution < -0.4 is 11.1 Å². The molecule has 2 rings (SSSR count). The smallest absolute Gasteiger partial charge is 0.221 e. The summed E-state index contributed by atoms with van der Waals surface area (Å²) in [7, 11) is 3.86. The molecule has 3 N–H and O–H groups in total. The van der Waals surface area contributed by atoms with E-state index < -0.39 is 0 Å². The molecule has 1 unspecified atom stereocenters.